The fourth-order valence-electron chi connectivity index (χ4n) is 3.19. The second-order valence-corrected chi connectivity index (χ2v) is 6.62. The van der Waals surface area contributed by atoms with Gasteiger partial charge < -0.3 is 14.5 Å². The molecule has 2 aromatic rings. The Bertz CT molecular complexity index is 913. The Morgan fingerprint density at radius 2 is 1.93 bits per heavy atom. The van der Waals surface area contributed by atoms with Crippen LogP contribution in [-0.2, 0) is 9.53 Å². The molecule has 1 heterocycles. The number of carbonyl (C=O) groups excluding carboxylic acids is 2. The van der Waals surface area contributed by atoms with Gasteiger partial charge in [-0.25, -0.2) is 4.79 Å². The summed E-state index contributed by atoms with van der Waals surface area (Å²) in [6.07, 6.45) is 5.56. The van der Waals surface area contributed by atoms with Crippen LogP contribution in [0.3, 0.4) is 0 Å². The van der Waals surface area contributed by atoms with Crippen molar-refractivity contribution in [2.24, 2.45) is 0 Å². The lowest BCUT2D eigenvalue weighted by Crippen LogP contribution is -2.33. The maximum atomic E-state index is 12.3. The zero-order valence-electron chi connectivity index (χ0n) is 15.7. The predicted octanol–water partition coefficient (Wildman–Crippen LogP) is 4.09. The fourth-order valence-corrected chi connectivity index (χ4v) is 3.19. The maximum absolute atomic E-state index is 12.3. The third kappa shape index (κ3) is 4.68. The molecule has 1 aliphatic rings. The Hall–Kier alpha value is -3.33. The van der Waals surface area contributed by atoms with Crippen molar-refractivity contribution in [3.63, 3.8) is 0 Å². The monoisotopic (exact) mass is 378 g/mol. The molecule has 0 aliphatic heterocycles. The van der Waals surface area contributed by atoms with Gasteiger partial charge in [-0.2, -0.15) is 5.26 Å². The minimum atomic E-state index is -0.371. The third-order valence-corrected chi connectivity index (χ3v) is 4.65. The summed E-state index contributed by atoms with van der Waals surface area (Å²) in [4.78, 5) is 24.0. The summed E-state index contributed by atoms with van der Waals surface area (Å²) in [6.45, 7) is 2.08. The van der Waals surface area contributed by atoms with Crippen LogP contribution in [0.2, 0.25) is 0 Å². The highest BCUT2D eigenvalue weighted by molar-refractivity contribution is 6.01. The molecule has 28 heavy (non-hydrogen) atoms. The molecule has 1 N–H and O–H groups in total. The minimum Gasteiger partial charge on any atom is -0.462 e. The maximum Gasteiger partial charge on any atom is 0.338 e. The van der Waals surface area contributed by atoms with Crippen LogP contribution < -0.4 is 5.32 Å². The first-order valence-corrected chi connectivity index (χ1v) is 9.40. The summed E-state index contributed by atoms with van der Waals surface area (Å²) in [6, 6.07) is 12.4. The standard InChI is InChI=1S/C22H22N2O4/c1-2-27-22(26)16-9-7-15(8-10-16)20-12-11-19(28-20)13-17(14-23)21(25)24-18-5-3-4-6-18/h7-13,18H,2-6H2,1H3,(H,24,25)/b17-13-. The molecule has 1 saturated carbocycles. The lowest BCUT2D eigenvalue weighted by Gasteiger charge is -2.10. The molecule has 0 unspecified atom stereocenters. The second kappa shape index (κ2) is 9.05. The van der Waals surface area contributed by atoms with Crippen molar-refractivity contribution in [1.29, 1.82) is 5.26 Å². The molecular weight excluding hydrogens is 356 g/mol. The molecule has 6 nitrogen and oxygen atoms in total. The van der Waals surface area contributed by atoms with E-state index in [4.69, 9.17) is 9.15 Å². The van der Waals surface area contributed by atoms with Crippen LogP contribution in [-0.4, -0.2) is 24.5 Å². The Morgan fingerprint density at radius 3 is 2.57 bits per heavy atom. The van der Waals surface area contributed by atoms with E-state index in [1.807, 2.05) is 6.07 Å². The molecule has 144 valence electrons. The van der Waals surface area contributed by atoms with Crippen LogP contribution in [0, 0.1) is 11.3 Å². The van der Waals surface area contributed by atoms with Gasteiger partial charge in [-0.1, -0.05) is 25.0 Å². The molecule has 3 rings (SSSR count). The number of nitrogens with zero attached hydrogens (tertiary/aromatic N) is 1. The summed E-state index contributed by atoms with van der Waals surface area (Å²) >= 11 is 0. The third-order valence-electron chi connectivity index (χ3n) is 4.65. The van der Waals surface area contributed by atoms with Crippen molar-refractivity contribution in [3.05, 3.63) is 53.3 Å². The molecule has 0 saturated heterocycles. The molecule has 1 aromatic carbocycles. The number of esters is 1. The summed E-state index contributed by atoms with van der Waals surface area (Å²) < 4.78 is 10.7. The number of nitrogens with one attached hydrogen (secondary N) is 1. The van der Waals surface area contributed by atoms with Gasteiger partial charge in [0.05, 0.1) is 12.2 Å². The van der Waals surface area contributed by atoms with E-state index < -0.39 is 0 Å². The van der Waals surface area contributed by atoms with Crippen molar-refractivity contribution < 1.29 is 18.7 Å². The van der Waals surface area contributed by atoms with Crippen molar-refractivity contribution in [1.82, 2.24) is 5.32 Å². The number of rotatable bonds is 6. The number of amides is 1. The van der Waals surface area contributed by atoms with Gasteiger partial charge in [-0.15, -0.1) is 0 Å². The second-order valence-electron chi connectivity index (χ2n) is 6.62. The molecule has 1 fully saturated rings. The van der Waals surface area contributed by atoms with Gasteiger partial charge in [0.2, 0.25) is 0 Å². The quantitative estimate of drug-likeness (QED) is 0.464. The van der Waals surface area contributed by atoms with E-state index in [0.29, 0.717) is 23.7 Å². The van der Waals surface area contributed by atoms with Gasteiger partial charge in [0.15, 0.2) is 0 Å². The Labute approximate surface area is 163 Å². The average molecular weight is 378 g/mol. The predicted molar refractivity (Wildman–Crippen MR) is 104 cm³/mol. The number of benzene rings is 1. The molecule has 0 bridgehead atoms. The molecule has 0 atom stereocenters. The minimum absolute atomic E-state index is 0.0189. The van der Waals surface area contributed by atoms with Crippen LogP contribution in [0.25, 0.3) is 17.4 Å². The number of hydrogen-bond donors (Lipinski definition) is 1. The van der Waals surface area contributed by atoms with E-state index in [2.05, 4.69) is 5.32 Å². The molecule has 0 radical (unpaired) electrons. The highest BCUT2D eigenvalue weighted by atomic mass is 16.5. The van der Waals surface area contributed by atoms with E-state index >= 15 is 0 Å². The van der Waals surface area contributed by atoms with Gasteiger partial charge in [0, 0.05) is 17.7 Å². The lowest BCUT2D eigenvalue weighted by molar-refractivity contribution is -0.117. The SMILES string of the molecule is CCOC(=O)c1ccc(-c2ccc(/C=C(/C#N)C(=O)NC3CCCC3)o2)cc1. The van der Waals surface area contributed by atoms with Crippen LogP contribution in [0.4, 0.5) is 0 Å². The van der Waals surface area contributed by atoms with Crippen molar-refractivity contribution in [2.45, 2.75) is 38.6 Å². The summed E-state index contributed by atoms with van der Waals surface area (Å²) in [5, 5.41) is 12.2. The number of nitriles is 1. The summed E-state index contributed by atoms with van der Waals surface area (Å²) in [7, 11) is 0. The van der Waals surface area contributed by atoms with E-state index in [1.54, 1.807) is 43.3 Å². The molecule has 1 aliphatic carbocycles. The van der Waals surface area contributed by atoms with Crippen LogP contribution in [0.1, 0.15) is 48.7 Å². The van der Waals surface area contributed by atoms with E-state index in [0.717, 1.165) is 31.2 Å². The normalized spacial score (nSPS) is 14.5. The van der Waals surface area contributed by atoms with Gasteiger partial charge in [-0.3, -0.25) is 4.79 Å². The Balaban J connectivity index is 1.71. The first-order valence-electron chi connectivity index (χ1n) is 9.40. The number of ether oxygens (including phenoxy) is 1. The summed E-state index contributed by atoms with van der Waals surface area (Å²) in [5.74, 6) is 0.257. The molecule has 1 amide bonds. The molecule has 1 aromatic heterocycles. The van der Waals surface area contributed by atoms with E-state index in [1.165, 1.54) is 6.08 Å². The number of hydrogen-bond acceptors (Lipinski definition) is 5. The van der Waals surface area contributed by atoms with Crippen molar-refractivity contribution >= 4 is 18.0 Å². The van der Waals surface area contributed by atoms with Crippen molar-refractivity contribution in [3.8, 4) is 17.4 Å². The van der Waals surface area contributed by atoms with E-state index in [-0.39, 0.29) is 23.5 Å². The first kappa shape index (κ1) is 19.4. The molecule has 6 heteroatoms. The first-order chi connectivity index (χ1) is 13.6. The zero-order chi connectivity index (χ0) is 19.9. The highest BCUT2D eigenvalue weighted by Gasteiger charge is 2.19. The topological polar surface area (TPSA) is 92.3 Å². The largest absolute Gasteiger partial charge is 0.462 e. The fraction of sp³-hybridized carbons (Fsp3) is 0.318. The smallest absolute Gasteiger partial charge is 0.338 e. The lowest BCUT2D eigenvalue weighted by atomic mass is 10.1. The number of carbonyl (C=O) groups is 2. The number of furan rings is 1. The van der Waals surface area contributed by atoms with Gasteiger partial charge >= 0.3 is 5.97 Å². The van der Waals surface area contributed by atoms with Gasteiger partial charge in [0.25, 0.3) is 5.91 Å². The van der Waals surface area contributed by atoms with Gasteiger partial charge in [0.1, 0.15) is 23.2 Å². The van der Waals surface area contributed by atoms with E-state index in [9.17, 15) is 14.9 Å². The van der Waals surface area contributed by atoms with Crippen LogP contribution in [0.5, 0.6) is 0 Å². The van der Waals surface area contributed by atoms with Gasteiger partial charge in [-0.05, 0) is 44.0 Å². The Morgan fingerprint density at radius 1 is 1.21 bits per heavy atom. The zero-order valence-corrected chi connectivity index (χ0v) is 15.7. The average Bonchev–Trinajstić information content (AvgIpc) is 3.38. The van der Waals surface area contributed by atoms with Crippen LogP contribution >= 0.6 is 0 Å². The van der Waals surface area contributed by atoms with Crippen molar-refractivity contribution in [2.75, 3.05) is 6.61 Å². The molecule has 0 spiro atoms. The molecular formula is C22H22N2O4. The Kier molecular flexibility index (Phi) is 6.28. The highest BCUT2D eigenvalue weighted by Crippen LogP contribution is 2.24. The van der Waals surface area contributed by atoms with Crippen LogP contribution in [0.15, 0.2) is 46.4 Å². The summed E-state index contributed by atoms with van der Waals surface area (Å²) in [5.41, 5.74) is 1.26.